The van der Waals surface area contributed by atoms with E-state index in [9.17, 15) is 4.39 Å². The average molecular weight is 440 g/mol. The lowest BCUT2D eigenvalue weighted by Gasteiger charge is -2.25. The second-order valence-electron chi connectivity index (χ2n) is 7.71. The molecular weight excluding hydrogens is 417 g/mol. The van der Waals surface area contributed by atoms with Gasteiger partial charge in [-0.2, -0.15) is 4.98 Å². The maximum Gasteiger partial charge on any atom is 0.237 e. The topological polar surface area (TPSA) is 82.8 Å². The number of aryl methyl sites for hydroxylation is 1. The zero-order chi connectivity index (χ0) is 21.2. The van der Waals surface area contributed by atoms with Gasteiger partial charge in [0.1, 0.15) is 5.82 Å². The lowest BCUT2D eigenvalue weighted by Crippen LogP contribution is -2.15. The molecule has 0 spiro atoms. The Morgan fingerprint density at radius 3 is 2.81 bits per heavy atom. The Kier molecular flexibility index (Phi) is 5.59. The Balaban J connectivity index is 1.37. The van der Waals surface area contributed by atoms with Gasteiger partial charge >= 0.3 is 0 Å². The normalized spacial score (nSPS) is 14.9. The van der Waals surface area contributed by atoms with Gasteiger partial charge in [-0.1, -0.05) is 48.3 Å². The molecule has 0 N–H and O–H groups in total. The van der Waals surface area contributed by atoms with Gasteiger partial charge in [0.25, 0.3) is 0 Å². The summed E-state index contributed by atoms with van der Waals surface area (Å²) < 4.78 is 27.0. The minimum atomic E-state index is -0.288. The maximum absolute atomic E-state index is 13.9. The van der Waals surface area contributed by atoms with Crippen LogP contribution in [0.25, 0.3) is 23.0 Å². The molecular formula is C22H22FN5O2S. The van der Waals surface area contributed by atoms with Gasteiger partial charge in [-0.3, -0.25) is 4.57 Å². The molecule has 7 nitrogen and oxygen atoms in total. The van der Waals surface area contributed by atoms with Crippen LogP contribution in [0.15, 0.2) is 50.7 Å². The van der Waals surface area contributed by atoms with Crippen molar-refractivity contribution in [2.24, 2.45) is 0 Å². The Bertz CT molecular complexity index is 1160. The van der Waals surface area contributed by atoms with Crippen molar-refractivity contribution in [3.05, 3.63) is 53.9 Å². The molecule has 0 unspecified atom stereocenters. The third-order valence-electron chi connectivity index (χ3n) is 5.57. The summed E-state index contributed by atoms with van der Waals surface area (Å²) in [5.74, 6) is 2.46. The van der Waals surface area contributed by atoms with Gasteiger partial charge in [0.05, 0.1) is 12.0 Å². The summed E-state index contributed by atoms with van der Waals surface area (Å²) in [6.45, 7) is 1.72. The molecule has 1 saturated carbocycles. The Labute approximate surface area is 183 Å². The lowest BCUT2D eigenvalue weighted by molar-refractivity contribution is 0.337. The van der Waals surface area contributed by atoms with Crippen LogP contribution in [-0.2, 0) is 5.75 Å². The Morgan fingerprint density at radius 2 is 2.03 bits per heavy atom. The minimum absolute atomic E-state index is 0.288. The molecule has 31 heavy (non-hydrogen) atoms. The number of halogens is 1. The summed E-state index contributed by atoms with van der Waals surface area (Å²) in [6.07, 6.45) is 7.51. The standard InChI is InChI=1S/C22H22FN5O2S/c1-14-9-10-15(12-17(14)23)20-24-19(30-27-20)13-31-22-26-25-21(18-8-5-11-29-18)28(22)16-6-3-2-4-7-16/h5,8-12,16H,2-4,6-7,13H2,1H3. The van der Waals surface area contributed by atoms with E-state index in [1.807, 2.05) is 12.1 Å². The van der Waals surface area contributed by atoms with Crippen molar-refractivity contribution in [3.8, 4) is 23.0 Å². The molecule has 0 radical (unpaired) electrons. The molecule has 0 atom stereocenters. The first-order valence-corrected chi connectivity index (χ1v) is 11.4. The predicted octanol–water partition coefficient (Wildman–Crippen LogP) is 5.83. The first-order valence-electron chi connectivity index (χ1n) is 10.4. The van der Waals surface area contributed by atoms with Crippen LogP contribution in [0, 0.1) is 12.7 Å². The molecule has 1 aromatic carbocycles. The van der Waals surface area contributed by atoms with Crippen LogP contribution in [0.3, 0.4) is 0 Å². The molecule has 0 aliphatic heterocycles. The van der Waals surface area contributed by atoms with Crippen LogP contribution in [0.2, 0.25) is 0 Å². The van der Waals surface area contributed by atoms with Crippen molar-refractivity contribution < 1.29 is 13.3 Å². The molecule has 5 rings (SSSR count). The number of hydrogen-bond donors (Lipinski definition) is 0. The van der Waals surface area contributed by atoms with Crippen LogP contribution >= 0.6 is 11.8 Å². The van der Waals surface area contributed by atoms with Crippen molar-refractivity contribution in [3.63, 3.8) is 0 Å². The number of rotatable bonds is 6. The van der Waals surface area contributed by atoms with Crippen molar-refractivity contribution in [2.75, 3.05) is 0 Å². The molecule has 3 aromatic heterocycles. The van der Waals surface area contributed by atoms with Crippen molar-refractivity contribution in [2.45, 2.75) is 56.0 Å². The van der Waals surface area contributed by atoms with E-state index in [0.29, 0.717) is 40.4 Å². The molecule has 3 heterocycles. The van der Waals surface area contributed by atoms with Gasteiger partial charge in [0.2, 0.25) is 17.5 Å². The first kappa shape index (κ1) is 20.0. The van der Waals surface area contributed by atoms with E-state index in [4.69, 9.17) is 8.94 Å². The molecule has 9 heteroatoms. The summed E-state index contributed by atoms with van der Waals surface area (Å²) in [5, 5.41) is 13.6. The molecule has 1 aliphatic carbocycles. The van der Waals surface area contributed by atoms with Gasteiger partial charge in [0, 0.05) is 11.6 Å². The summed E-state index contributed by atoms with van der Waals surface area (Å²) in [4.78, 5) is 4.42. The van der Waals surface area contributed by atoms with E-state index < -0.39 is 0 Å². The number of thioether (sulfide) groups is 1. The number of aromatic nitrogens is 5. The van der Waals surface area contributed by atoms with E-state index in [2.05, 4.69) is 24.9 Å². The zero-order valence-corrected chi connectivity index (χ0v) is 17.9. The third kappa shape index (κ3) is 4.14. The fraction of sp³-hybridized carbons (Fsp3) is 0.364. The van der Waals surface area contributed by atoms with Crippen LogP contribution in [0.1, 0.15) is 49.6 Å². The van der Waals surface area contributed by atoms with Gasteiger partial charge in [-0.25, -0.2) is 4.39 Å². The van der Waals surface area contributed by atoms with Gasteiger partial charge < -0.3 is 8.94 Å². The Morgan fingerprint density at radius 1 is 1.16 bits per heavy atom. The highest BCUT2D eigenvalue weighted by atomic mass is 32.2. The van der Waals surface area contributed by atoms with E-state index in [1.54, 1.807) is 25.3 Å². The van der Waals surface area contributed by atoms with Crippen LogP contribution in [-0.4, -0.2) is 24.9 Å². The smallest absolute Gasteiger partial charge is 0.237 e. The zero-order valence-electron chi connectivity index (χ0n) is 17.1. The van der Waals surface area contributed by atoms with E-state index in [0.717, 1.165) is 23.8 Å². The average Bonchev–Trinajstić information content (AvgIpc) is 3.55. The molecule has 0 bridgehead atoms. The highest BCUT2D eigenvalue weighted by molar-refractivity contribution is 7.98. The molecule has 0 amide bonds. The number of furan rings is 1. The fourth-order valence-corrected chi connectivity index (χ4v) is 4.75. The van der Waals surface area contributed by atoms with Gasteiger partial charge in [-0.15, -0.1) is 10.2 Å². The predicted molar refractivity (Wildman–Crippen MR) is 114 cm³/mol. The monoisotopic (exact) mass is 439 g/mol. The largest absolute Gasteiger partial charge is 0.461 e. The van der Waals surface area contributed by atoms with Crippen molar-refractivity contribution >= 4 is 11.8 Å². The van der Waals surface area contributed by atoms with E-state index >= 15 is 0 Å². The quantitative estimate of drug-likeness (QED) is 0.349. The summed E-state index contributed by atoms with van der Waals surface area (Å²) in [6, 6.07) is 9.03. The second kappa shape index (κ2) is 8.66. The molecule has 4 aromatic rings. The SMILES string of the molecule is Cc1ccc(-c2noc(CSc3nnc(-c4ccco4)n3C3CCCCC3)n2)cc1F. The van der Waals surface area contributed by atoms with E-state index in [1.165, 1.54) is 37.1 Å². The minimum Gasteiger partial charge on any atom is -0.461 e. The van der Waals surface area contributed by atoms with Gasteiger partial charge in [-0.05, 0) is 43.5 Å². The molecule has 1 fully saturated rings. The number of nitrogens with zero attached hydrogens (tertiary/aromatic N) is 5. The van der Waals surface area contributed by atoms with Crippen LogP contribution in [0.5, 0.6) is 0 Å². The fourth-order valence-electron chi connectivity index (χ4n) is 3.91. The highest BCUT2D eigenvalue weighted by Gasteiger charge is 2.25. The lowest BCUT2D eigenvalue weighted by atomic mass is 9.95. The molecule has 160 valence electrons. The van der Waals surface area contributed by atoms with Crippen molar-refractivity contribution in [1.29, 1.82) is 0 Å². The van der Waals surface area contributed by atoms with E-state index in [-0.39, 0.29) is 5.82 Å². The molecule has 1 aliphatic rings. The number of hydrogen-bond acceptors (Lipinski definition) is 7. The van der Waals surface area contributed by atoms with Crippen LogP contribution in [0.4, 0.5) is 4.39 Å². The first-order chi connectivity index (χ1) is 15.2. The van der Waals surface area contributed by atoms with Crippen molar-refractivity contribution in [1.82, 2.24) is 24.9 Å². The van der Waals surface area contributed by atoms with Gasteiger partial charge in [0.15, 0.2) is 10.9 Å². The third-order valence-corrected chi connectivity index (χ3v) is 6.50. The summed E-state index contributed by atoms with van der Waals surface area (Å²) >= 11 is 1.50. The summed E-state index contributed by atoms with van der Waals surface area (Å²) in [5.41, 5.74) is 1.17. The highest BCUT2D eigenvalue weighted by Crippen LogP contribution is 2.36. The van der Waals surface area contributed by atoms with Crippen LogP contribution < -0.4 is 0 Å². The number of benzene rings is 1. The second-order valence-corrected chi connectivity index (χ2v) is 8.65. The molecule has 0 saturated heterocycles. The summed E-state index contributed by atoms with van der Waals surface area (Å²) in [7, 11) is 0. The Hall–Kier alpha value is -2.94. The maximum atomic E-state index is 13.9.